The fraction of sp³-hybridized carbons (Fsp3) is 0.167. The second-order valence-corrected chi connectivity index (χ2v) is 5.78. The molecule has 0 fully saturated rings. The third-order valence-corrected chi connectivity index (χ3v) is 4.01. The van der Waals surface area contributed by atoms with Gasteiger partial charge in [0.25, 0.3) is 11.2 Å². The number of hydrogen-bond donors (Lipinski definition) is 1. The molecular formula is C18H16N4O5. The summed E-state index contributed by atoms with van der Waals surface area (Å²) in [5, 5.41) is 18.8. The van der Waals surface area contributed by atoms with E-state index in [4.69, 9.17) is 4.74 Å². The highest BCUT2D eigenvalue weighted by molar-refractivity contribution is 5.93. The summed E-state index contributed by atoms with van der Waals surface area (Å²) in [4.78, 5) is 35.3. The van der Waals surface area contributed by atoms with Crippen molar-refractivity contribution in [1.29, 1.82) is 0 Å². The monoisotopic (exact) mass is 368 g/mol. The first kappa shape index (κ1) is 18.1. The second-order valence-electron chi connectivity index (χ2n) is 5.78. The lowest BCUT2D eigenvalue weighted by Crippen LogP contribution is -2.30. The normalized spacial score (nSPS) is 10.6. The first-order valence-corrected chi connectivity index (χ1v) is 7.99. The molecule has 3 aromatic rings. The second kappa shape index (κ2) is 7.24. The molecule has 27 heavy (non-hydrogen) atoms. The standard InChI is InChI=1S/C18H16N4O5/c1-11-13-5-3-4-6-14(13)18(24)21(20-11)10-17(23)19-15-9-12(22(25)26)7-8-16(15)27-2/h3-9H,10H2,1-2H3,(H,19,23). The van der Waals surface area contributed by atoms with Gasteiger partial charge in [0, 0.05) is 17.5 Å². The van der Waals surface area contributed by atoms with Gasteiger partial charge in [0.15, 0.2) is 0 Å². The zero-order chi connectivity index (χ0) is 19.6. The summed E-state index contributed by atoms with van der Waals surface area (Å²) < 4.78 is 6.18. The molecule has 0 unspecified atom stereocenters. The largest absolute Gasteiger partial charge is 0.495 e. The van der Waals surface area contributed by atoms with Crippen molar-refractivity contribution in [3.63, 3.8) is 0 Å². The number of amides is 1. The molecule has 0 aliphatic carbocycles. The molecule has 0 saturated heterocycles. The summed E-state index contributed by atoms with van der Waals surface area (Å²) in [6, 6.07) is 10.9. The van der Waals surface area contributed by atoms with Crippen molar-refractivity contribution >= 4 is 28.1 Å². The lowest BCUT2D eigenvalue weighted by Gasteiger charge is -2.11. The molecule has 0 spiro atoms. The SMILES string of the molecule is COc1ccc([N+](=O)[O-])cc1NC(=O)Cn1nc(C)c2ccccc2c1=O. The number of nitro benzene ring substituents is 1. The lowest BCUT2D eigenvalue weighted by atomic mass is 10.1. The molecule has 9 heteroatoms. The molecule has 9 nitrogen and oxygen atoms in total. The highest BCUT2D eigenvalue weighted by Gasteiger charge is 2.15. The van der Waals surface area contributed by atoms with Gasteiger partial charge in [-0.1, -0.05) is 18.2 Å². The number of nitro groups is 1. The predicted molar refractivity (Wildman–Crippen MR) is 99.0 cm³/mol. The zero-order valence-corrected chi connectivity index (χ0v) is 14.6. The van der Waals surface area contributed by atoms with Crippen LogP contribution in [0.25, 0.3) is 10.8 Å². The van der Waals surface area contributed by atoms with Crippen molar-refractivity contribution < 1.29 is 14.5 Å². The van der Waals surface area contributed by atoms with Crippen LogP contribution in [0.4, 0.5) is 11.4 Å². The van der Waals surface area contributed by atoms with Crippen molar-refractivity contribution in [2.24, 2.45) is 0 Å². The number of nitrogens with one attached hydrogen (secondary N) is 1. The molecule has 0 aliphatic heterocycles. The summed E-state index contributed by atoms with van der Waals surface area (Å²) >= 11 is 0. The van der Waals surface area contributed by atoms with Crippen LogP contribution in [0.5, 0.6) is 5.75 Å². The minimum Gasteiger partial charge on any atom is -0.495 e. The van der Waals surface area contributed by atoms with E-state index in [1.54, 1.807) is 25.1 Å². The molecule has 0 saturated carbocycles. The number of nitrogens with zero attached hydrogens (tertiary/aromatic N) is 3. The van der Waals surface area contributed by atoms with Gasteiger partial charge in [-0.2, -0.15) is 5.10 Å². The van der Waals surface area contributed by atoms with E-state index in [-0.39, 0.29) is 23.7 Å². The van der Waals surface area contributed by atoms with Crippen LogP contribution in [-0.4, -0.2) is 27.7 Å². The van der Waals surface area contributed by atoms with Gasteiger partial charge in [-0.25, -0.2) is 4.68 Å². The minimum atomic E-state index is -0.576. The zero-order valence-electron chi connectivity index (χ0n) is 14.6. The number of aryl methyl sites for hydroxylation is 1. The number of carbonyl (C=O) groups is 1. The number of non-ortho nitro benzene ring substituents is 1. The van der Waals surface area contributed by atoms with E-state index >= 15 is 0 Å². The highest BCUT2D eigenvalue weighted by atomic mass is 16.6. The van der Waals surface area contributed by atoms with Gasteiger partial charge in [-0.15, -0.1) is 0 Å². The van der Waals surface area contributed by atoms with Crippen LogP contribution in [-0.2, 0) is 11.3 Å². The number of hydrogen-bond acceptors (Lipinski definition) is 6. The van der Waals surface area contributed by atoms with Gasteiger partial charge >= 0.3 is 0 Å². The third-order valence-electron chi connectivity index (χ3n) is 4.01. The Labute approximate surface area is 153 Å². The van der Waals surface area contributed by atoms with Gasteiger partial charge < -0.3 is 10.1 Å². The highest BCUT2D eigenvalue weighted by Crippen LogP contribution is 2.28. The molecule has 1 aromatic heterocycles. The fourth-order valence-electron chi connectivity index (χ4n) is 2.74. The summed E-state index contributed by atoms with van der Waals surface area (Å²) in [5.41, 5.74) is 0.175. The summed E-state index contributed by atoms with van der Waals surface area (Å²) in [6.45, 7) is 1.41. The molecule has 0 radical (unpaired) electrons. The van der Waals surface area contributed by atoms with Gasteiger partial charge in [0.05, 0.1) is 28.8 Å². The first-order chi connectivity index (χ1) is 12.9. The van der Waals surface area contributed by atoms with Gasteiger partial charge in [0.1, 0.15) is 12.3 Å². The number of ether oxygens (including phenoxy) is 1. The van der Waals surface area contributed by atoms with Crippen molar-refractivity contribution in [2.45, 2.75) is 13.5 Å². The Hall–Kier alpha value is -3.75. The van der Waals surface area contributed by atoms with E-state index in [1.807, 2.05) is 6.07 Å². The van der Waals surface area contributed by atoms with Crippen LogP contribution in [0.2, 0.25) is 0 Å². The van der Waals surface area contributed by atoms with Crippen molar-refractivity contribution in [3.8, 4) is 5.75 Å². The van der Waals surface area contributed by atoms with Crippen LogP contribution in [0.3, 0.4) is 0 Å². The van der Waals surface area contributed by atoms with Gasteiger partial charge in [-0.05, 0) is 19.1 Å². The molecule has 0 atom stereocenters. The van der Waals surface area contributed by atoms with E-state index in [1.165, 1.54) is 25.3 Å². The Kier molecular flexibility index (Phi) is 4.84. The fourth-order valence-corrected chi connectivity index (χ4v) is 2.74. The van der Waals surface area contributed by atoms with Crippen molar-refractivity contribution in [2.75, 3.05) is 12.4 Å². The maximum atomic E-state index is 12.5. The molecule has 138 valence electrons. The van der Waals surface area contributed by atoms with E-state index in [9.17, 15) is 19.7 Å². The number of benzene rings is 2. The number of anilines is 1. The number of methoxy groups -OCH3 is 1. The minimum absolute atomic E-state index is 0.141. The molecule has 0 aliphatic rings. The Morgan fingerprint density at radius 2 is 1.96 bits per heavy atom. The van der Waals surface area contributed by atoms with E-state index in [0.29, 0.717) is 11.1 Å². The summed E-state index contributed by atoms with van der Waals surface area (Å²) in [5.74, 6) is -0.290. The maximum absolute atomic E-state index is 12.5. The summed E-state index contributed by atoms with van der Waals surface area (Å²) in [6.07, 6.45) is 0. The molecule has 1 N–H and O–H groups in total. The van der Waals surface area contributed by atoms with Crippen LogP contribution < -0.4 is 15.6 Å². The van der Waals surface area contributed by atoms with Crippen LogP contribution >= 0.6 is 0 Å². The quantitative estimate of drug-likeness (QED) is 0.545. The van der Waals surface area contributed by atoms with Gasteiger partial charge in [0.2, 0.25) is 5.91 Å². The van der Waals surface area contributed by atoms with Crippen molar-refractivity contribution in [1.82, 2.24) is 9.78 Å². The molecule has 1 amide bonds. The van der Waals surface area contributed by atoms with Crippen LogP contribution in [0.15, 0.2) is 47.3 Å². The number of rotatable bonds is 5. The maximum Gasteiger partial charge on any atom is 0.275 e. The topological polar surface area (TPSA) is 116 Å². The molecule has 0 bridgehead atoms. The predicted octanol–water partition coefficient (Wildman–Crippen LogP) is 2.26. The molecular weight excluding hydrogens is 352 g/mol. The Bertz CT molecular complexity index is 1110. The number of aromatic nitrogens is 2. The van der Waals surface area contributed by atoms with E-state index in [0.717, 1.165) is 10.1 Å². The lowest BCUT2D eigenvalue weighted by molar-refractivity contribution is -0.384. The Morgan fingerprint density at radius 1 is 1.26 bits per heavy atom. The smallest absolute Gasteiger partial charge is 0.275 e. The van der Waals surface area contributed by atoms with Crippen LogP contribution in [0.1, 0.15) is 5.69 Å². The number of fused-ring (bicyclic) bond motifs is 1. The average Bonchev–Trinajstić information content (AvgIpc) is 2.65. The Balaban J connectivity index is 1.90. The average molecular weight is 368 g/mol. The first-order valence-electron chi connectivity index (χ1n) is 7.99. The number of carbonyl (C=O) groups excluding carboxylic acids is 1. The molecule has 2 aromatic carbocycles. The molecule has 1 heterocycles. The summed E-state index contributed by atoms with van der Waals surface area (Å²) in [7, 11) is 1.38. The third kappa shape index (κ3) is 3.61. The molecule has 3 rings (SSSR count). The van der Waals surface area contributed by atoms with Crippen molar-refractivity contribution in [3.05, 3.63) is 68.6 Å². The van der Waals surface area contributed by atoms with E-state index < -0.39 is 16.4 Å². The van der Waals surface area contributed by atoms with Gasteiger partial charge in [-0.3, -0.25) is 19.7 Å². The van der Waals surface area contributed by atoms with E-state index in [2.05, 4.69) is 10.4 Å². The Morgan fingerprint density at radius 3 is 2.63 bits per heavy atom. The van der Waals surface area contributed by atoms with Crippen LogP contribution in [0, 0.1) is 17.0 Å².